The van der Waals surface area contributed by atoms with Crippen LogP contribution in [0.5, 0.6) is 11.5 Å². The van der Waals surface area contributed by atoms with Crippen molar-refractivity contribution >= 4 is 0 Å². The number of ether oxygens (including phenoxy) is 4. The average molecular weight is 390 g/mol. The van der Waals surface area contributed by atoms with E-state index >= 15 is 0 Å². The molecule has 1 aliphatic heterocycles. The molecular formula is C21H30N2O5. The predicted molar refractivity (Wildman–Crippen MR) is 106 cm³/mol. The van der Waals surface area contributed by atoms with E-state index in [0.29, 0.717) is 31.0 Å². The molecule has 0 radical (unpaired) electrons. The van der Waals surface area contributed by atoms with Gasteiger partial charge >= 0.3 is 0 Å². The minimum Gasteiger partial charge on any atom is -0.497 e. The molecule has 28 heavy (non-hydrogen) atoms. The molecule has 1 saturated heterocycles. The van der Waals surface area contributed by atoms with Crippen molar-refractivity contribution in [3.05, 3.63) is 29.7 Å². The molecule has 7 heteroatoms. The molecule has 3 rings (SSSR count). The van der Waals surface area contributed by atoms with Crippen molar-refractivity contribution in [2.75, 3.05) is 47.6 Å². The smallest absolute Gasteiger partial charge is 0.230 e. The fraction of sp³-hybridized carbons (Fsp3) is 0.571. The Morgan fingerprint density at radius 1 is 1.11 bits per heavy atom. The van der Waals surface area contributed by atoms with Gasteiger partial charge in [0.2, 0.25) is 5.89 Å². The van der Waals surface area contributed by atoms with Crippen LogP contribution in [0, 0.1) is 6.92 Å². The molecule has 1 aromatic carbocycles. The summed E-state index contributed by atoms with van der Waals surface area (Å²) >= 11 is 0. The largest absolute Gasteiger partial charge is 0.497 e. The van der Waals surface area contributed by atoms with Crippen molar-refractivity contribution in [2.24, 2.45) is 0 Å². The molecule has 0 aliphatic carbocycles. The highest BCUT2D eigenvalue weighted by atomic mass is 16.5. The highest BCUT2D eigenvalue weighted by molar-refractivity contribution is 5.65. The van der Waals surface area contributed by atoms with Gasteiger partial charge in [0.15, 0.2) is 0 Å². The third-order valence-corrected chi connectivity index (χ3v) is 5.08. The van der Waals surface area contributed by atoms with E-state index < -0.39 is 0 Å². The summed E-state index contributed by atoms with van der Waals surface area (Å²) in [5, 5.41) is 0. The molecule has 0 N–H and O–H groups in total. The first-order valence-corrected chi connectivity index (χ1v) is 9.66. The number of nitrogens with zero attached hydrogens (tertiary/aromatic N) is 2. The Morgan fingerprint density at radius 2 is 1.89 bits per heavy atom. The van der Waals surface area contributed by atoms with Gasteiger partial charge in [-0.1, -0.05) is 0 Å². The molecular weight excluding hydrogens is 360 g/mol. The van der Waals surface area contributed by atoms with Gasteiger partial charge in [0.1, 0.15) is 17.3 Å². The molecule has 154 valence electrons. The molecule has 1 aromatic heterocycles. The van der Waals surface area contributed by atoms with E-state index in [4.69, 9.17) is 28.3 Å². The summed E-state index contributed by atoms with van der Waals surface area (Å²) in [4.78, 5) is 7.14. The number of piperidine rings is 1. The Kier molecular flexibility index (Phi) is 7.30. The highest BCUT2D eigenvalue weighted by Crippen LogP contribution is 2.34. The highest BCUT2D eigenvalue weighted by Gasteiger charge is 2.22. The molecule has 1 fully saturated rings. The molecule has 0 spiro atoms. The molecule has 0 unspecified atom stereocenters. The van der Waals surface area contributed by atoms with Gasteiger partial charge in [-0.05, 0) is 31.9 Å². The minimum atomic E-state index is 0.323. The number of hydrogen-bond donors (Lipinski definition) is 0. The van der Waals surface area contributed by atoms with Crippen LogP contribution in [0.4, 0.5) is 0 Å². The number of likely N-dealkylation sites (tertiary alicyclic amines) is 1. The molecule has 2 aromatic rings. The molecule has 0 bridgehead atoms. The SMILES string of the molecule is COCCOC1CCN(Cc2nc(-c3ccc(OC)cc3OC)oc2C)CC1. The van der Waals surface area contributed by atoms with Crippen molar-refractivity contribution in [3.63, 3.8) is 0 Å². The first-order chi connectivity index (χ1) is 13.6. The number of methoxy groups -OCH3 is 3. The van der Waals surface area contributed by atoms with Crippen molar-refractivity contribution in [1.29, 1.82) is 0 Å². The first kappa shape index (κ1) is 20.6. The number of benzene rings is 1. The van der Waals surface area contributed by atoms with Gasteiger partial charge in [-0.25, -0.2) is 4.98 Å². The number of rotatable bonds is 9. The van der Waals surface area contributed by atoms with E-state index in [2.05, 4.69) is 4.90 Å². The van der Waals surface area contributed by atoms with Crippen molar-refractivity contribution in [3.8, 4) is 23.0 Å². The lowest BCUT2D eigenvalue weighted by atomic mass is 10.1. The van der Waals surface area contributed by atoms with E-state index in [9.17, 15) is 0 Å². The number of aromatic nitrogens is 1. The lowest BCUT2D eigenvalue weighted by Gasteiger charge is -2.31. The van der Waals surface area contributed by atoms with E-state index in [-0.39, 0.29) is 0 Å². The second-order valence-corrected chi connectivity index (χ2v) is 6.93. The van der Waals surface area contributed by atoms with Gasteiger partial charge in [-0.15, -0.1) is 0 Å². The maximum absolute atomic E-state index is 5.95. The van der Waals surface area contributed by atoms with Crippen LogP contribution in [0.25, 0.3) is 11.5 Å². The fourth-order valence-electron chi connectivity index (χ4n) is 3.41. The fourth-order valence-corrected chi connectivity index (χ4v) is 3.41. The normalized spacial score (nSPS) is 15.7. The van der Waals surface area contributed by atoms with E-state index in [1.807, 2.05) is 25.1 Å². The minimum absolute atomic E-state index is 0.323. The van der Waals surface area contributed by atoms with Crippen LogP contribution < -0.4 is 9.47 Å². The van der Waals surface area contributed by atoms with Gasteiger partial charge in [-0.2, -0.15) is 0 Å². The number of aryl methyl sites for hydroxylation is 1. The monoisotopic (exact) mass is 390 g/mol. The van der Waals surface area contributed by atoms with E-state index in [0.717, 1.165) is 55.2 Å². The molecule has 0 atom stereocenters. The quantitative estimate of drug-likeness (QED) is 0.609. The van der Waals surface area contributed by atoms with Crippen LogP contribution in [0.15, 0.2) is 22.6 Å². The Bertz CT molecular complexity index is 753. The third-order valence-electron chi connectivity index (χ3n) is 5.08. The Morgan fingerprint density at radius 3 is 2.57 bits per heavy atom. The van der Waals surface area contributed by atoms with Crippen molar-refractivity contribution in [2.45, 2.75) is 32.4 Å². The van der Waals surface area contributed by atoms with Gasteiger partial charge in [0, 0.05) is 32.8 Å². The molecule has 0 saturated carbocycles. The second-order valence-electron chi connectivity index (χ2n) is 6.93. The van der Waals surface area contributed by atoms with Gasteiger partial charge in [0.05, 0.1) is 44.8 Å². The molecule has 2 heterocycles. The summed E-state index contributed by atoms with van der Waals surface area (Å²) < 4.78 is 27.6. The first-order valence-electron chi connectivity index (χ1n) is 9.66. The van der Waals surface area contributed by atoms with Crippen LogP contribution >= 0.6 is 0 Å². The van der Waals surface area contributed by atoms with E-state index in [1.165, 1.54) is 0 Å². The third kappa shape index (κ3) is 5.04. The zero-order valence-electron chi connectivity index (χ0n) is 17.2. The maximum atomic E-state index is 5.95. The lowest BCUT2D eigenvalue weighted by molar-refractivity contribution is -0.0159. The summed E-state index contributed by atoms with van der Waals surface area (Å²) in [5.74, 6) is 2.83. The number of hydrogen-bond acceptors (Lipinski definition) is 7. The zero-order valence-corrected chi connectivity index (χ0v) is 17.2. The standard InChI is InChI=1S/C21H30N2O5/c1-15-19(14-23-9-7-16(8-10-23)27-12-11-24-2)22-21(28-15)18-6-5-17(25-3)13-20(18)26-4/h5-6,13,16H,7-12,14H2,1-4H3. The molecule has 0 amide bonds. The van der Waals surface area contributed by atoms with E-state index in [1.54, 1.807) is 21.3 Å². The van der Waals surface area contributed by atoms with Crippen LogP contribution in [-0.4, -0.2) is 63.6 Å². The Balaban J connectivity index is 1.62. The van der Waals surface area contributed by atoms with Crippen LogP contribution in [0.1, 0.15) is 24.3 Å². The lowest BCUT2D eigenvalue weighted by Crippen LogP contribution is -2.37. The van der Waals surface area contributed by atoms with Gasteiger partial charge in [0.25, 0.3) is 0 Å². The zero-order chi connectivity index (χ0) is 19.9. The Hall–Kier alpha value is -2.09. The summed E-state index contributed by atoms with van der Waals surface area (Å²) in [6, 6.07) is 5.63. The molecule has 1 aliphatic rings. The summed E-state index contributed by atoms with van der Waals surface area (Å²) in [6.45, 7) is 6.03. The summed E-state index contributed by atoms with van der Waals surface area (Å²) in [5.41, 5.74) is 1.79. The van der Waals surface area contributed by atoms with Crippen LogP contribution in [-0.2, 0) is 16.0 Å². The van der Waals surface area contributed by atoms with Crippen LogP contribution in [0.3, 0.4) is 0 Å². The average Bonchev–Trinajstić information content (AvgIpc) is 3.09. The maximum Gasteiger partial charge on any atom is 0.230 e. The second kappa shape index (κ2) is 9.91. The predicted octanol–water partition coefficient (Wildman–Crippen LogP) is 3.29. The van der Waals surface area contributed by atoms with Crippen LogP contribution in [0.2, 0.25) is 0 Å². The summed E-state index contributed by atoms with van der Waals surface area (Å²) in [7, 11) is 4.96. The van der Waals surface area contributed by atoms with Crippen molar-refractivity contribution < 1.29 is 23.4 Å². The molecule has 7 nitrogen and oxygen atoms in total. The van der Waals surface area contributed by atoms with Crippen molar-refractivity contribution in [1.82, 2.24) is 9.88 Å². The topological polar surface area (TPSA) is 66.2 Å². The van der Waals surface area contributed by atoms with Gasteiger partial charge < -0.3 is 23.4 Å². The Labute approximate surface area is 166 Å². The van der Waals surface area contributed by atoms with Gasteiger partial charge in [-0.3, -0.25) is 4.90 Å². The summed E-state index contributed by atoms with van der Waals surface area (Å²) in [6.07, 6.45) is 2.38. The number of oxazole rings is 1.